The highest BCUT2D eigenvalue weighted by Crippen LogP contribution is 2.17. The molecule has 1 saturated carbocycles. The fourth-order valence-electron chi connectivity index (χ4n) is 2.08. The van der Waals surface area contributed by atoms with E-state index < -0.39 is 0 Å². The van der Waals surface area contributed by atoms with Gasteiger partial charge >= 0.3 is 0 Å². The lowest BCUT2D eigenvalue weighted by Crippen LogP contribution is -2.40. The van der Waals surface area contributed by atoms with E-state index in [1.807, 2.05) is 0 Å². The molecule has 1 amide bonds. The summed E-state index contributed by atoms with van der Waals surface area (Å²) in [6, 6.07) is 4.01. The van der Waals surface area contributed by atoms with E-state index >= 15 is 0 Å². The Hall–Kier alpha value is -0.940. The monoisotopic (exact) mass is 297 g/mol. The normalized spacial score (nSPS) is 24.4. The van der Waals surface area contributed by atoms with Crippen LogP contribution in [0.3, 0.4) is 0 Å². The average molecular weight is 298 g/mol. The van der Waals surface area contributed by atoms with E-state index in [2.05, 4.69) is 26.2 Å². The summed E-state index contributed by atoms with van der Waals surface area (Å²) >= 11 is 3.26. The molecule has 3 N–H and O–H groups in total. The van der Waals surface area contributed by atoms with Crippen molar-refractivity contribution in [2.24, 2.45) is 5.73 Å². The van der Waals surface area contributed by atoms with Crippen LogP contribution in [0, 0.1) is 0 Å². The number of pyridine rings is 1. The second-order valence-electron chi connectivity index (χ2n) is 4.45. The first-order chi connectivity index (χ1) is 8.15. The fraction of sp³-hybridized carbons (Fsp3) is 0.500. The first kappa shape index (κ1) is 12.5. The average Bonchev–Trinajstić information content (AvgIpc) is 2.32. The quantitative estimate of drug-likeness (QED) is 0.819. The van der Waals surface area contributed by atoms with Crippen molar-refractivity contribution in [3.8, 4) is 0 Å². The van der Waals surface area contributed by atoms with E-state index in [9.17, 15) is 4.79 Å². The Labute approximate surface area is 109 Å². The van der Waals surface area contributed by atoms with Crippen LogP contribution in [0.25, 0.3) is 0 Å². The van der Waals surface area contributed by atoms with Crippen molar-refractivity contribution in [1.82, 2.24) is 10.3 Å². The third kappa shape index (κ3) is 3.51. The van der Waals surface area contributed by atoms with Crippen LogP contribution in [0.5, 0.6) is 0 Å². The van der Waals surface area contributed by atoms with Crippen molar-refractivity contribution in [1.29, 1.82) is 0 Å². The topological polar surface area (TPSA) is 68.0 Å². The molecule has 0 atom stereocenters. The number of amides is 1. The number of rotatable bonds is 2. The van der Waals surface area contributed by atoms with Gasteiger partial charge in [-0.05, 0) is 53.7 Å². The van der Waals surface area contributed by atoms with Gasteiger partial charge in [0.2, 0.25) is 0 Å². The van der Waals surface area contributed by atoms with E-state index in [1.165, 1.54) is 0 Å². The molecule has 1 aromatic rings. The highest BCUT2D eigenvalue weighted by Gasteiger charge is 2.20. The van der Waals surface area contributed by atoms with Crippen LogP contribution in [-0.2, 0) is 0 Å². The van der Waals surface area contributed by atoms with E-state index in [0.717, 1.165) is 25.7 Å². The summed E-state index contributed by atoms with van der Waals surface area (Å²) in [5.74, 6) is -0.0337. The van der Waals surface area contributed by atoms with Crippen molar-refractivity contribution < 1.29 is 4.79 Å². The molecule has 1 aliphatic carbocycles. The lowest BCUT2D eigenvalue weighted by atomic mass is 9.91. The molecule has 0 radical (unpaired) electrons. The summed E-state index contributed by atoms with van der Waals surface area (Å²) in [4.78, 5) is 16.0. The molecule has 5 heteroatoms. The van der Waals surface area contributed by atoms with Crippen LogP contribution >= 0.6 is 15.9 Å². The molecule has 1 aliphatic rings. The third-order valence-electron chi connectivity index (χ3n) is 3.10. The molecule has 17 heavy (non-hydrogen) atoms. The number of nitrogens with one attached hydrogen (secondary N) is 1. The molecule has 0 aromatic carbocycles. The zero-order valence-corrected chi connectivity index (χ0v) is 11.1. The number of carbonyl (C=O) groups is 1. The number of halogens is 1. The van der Waals surface area contributed by atoms with E-state index in [4.69, 9.17) is 5.73 Å². The van der Waals surface area contributed by atoms with Gasteiger partial charge in [0.25, 0.3) is 5.91 Å². The smallest absolute Gasteiger partial charge is 0.251 e. The number of aromatic nitrogens is 1. The SMILES string of the molecule is NC1CCC(NC(=O)c2ccnc(Br)c2)CC1. The maximum atomic E-state index is 12.0. The van der Waals surface area contributed by atoms with Crippen molar-refractivity contribution in [3.63, 3.8) is 0 Å². The van der Waals surface area contributed by atoms with Crippen molar-refractivity contribution in [2.45, 2.75) is 37.8 Å². The van der Waals surface area contributed by atoms with Crippen LogP contribution in [0.4, 0.5) is 0 Å². The van der Waals surface area contributed by atoms with E-state index in [1.54, 1.807) is 18.3 Å². The summed E-state index contributed by atoms with van der Waals surface area (Å²) in [5, 5.41) is 3.04. The summed E-state index contributed by atoms with van der Waals surface area (Å²) in [7, 11) is 0. The number of nitrogens with two attached hydrogens (primary N) is 1. The Balaban J connectivity index is 1.93. The predicted octanol–water partition coefficient (Wildman–Crippen LogP) is 1.84. The maximum absolute atomic E-state index is 12.0. The highest BCUT2D eigenvalue weighted by atomic mass is 79.9. The Kier molecular flexibility index (Phi) is 4.12. The third-order valence-corrected chi connectivity index (χ3v) is 3.53. The van der Waals surface area contributed by atoms with Crippen molar-refractivity contribution in [2.75, 3.05) is 0 Å². The van der Waals surface area contributed by atoms with Gasteiger partial charge in [-0.2, -0.15) is 0 Å². The molecule has 92 valence electrons. The van der Waals surface area contributed by atoms with Gasteiger partial charge in [0.15, 0.2) is 0 Å². The fourth-order valence-corrected chi connectivity index (χ4v) is 2.44. The Morgan fingerprint density at radius 3 is 2.76 bits per heavy atom. The molecule has 0 saturated heterocycles. The molecule has 0 bridgehead atoms. The minimum absolute atomic E-state index is 0.0337. The van der Waals surface area contributed by atoms with Gasteiger partial charge in [-0.15, -0.1) is 0 Å². The molecule has 1 fully saturated rings. The van der Waals surface area contributed by atoms with Crippen molar-refractivity contribution >= 4 is 21.8 Å². The maximum Gasteiger partial charge on any atom is 0.251 e. The minimum Gasteiger partial charge on any atom is -0.349 e. The van der Waals surface area contributed by atoms with Crippen molar-refractivity contribution in [3.05, 3.63) is 28.5 Å². The van der Waals surface area contributed by atoms with Crippen LogP contribution in [0.15, 0.2) is 22.9 Å². The van der Waals surface area contributed by atoms with E-state index in [0.29, 0.717) is 16.2 Å². The van der Waals surface area contributed by atoms with Gasteiger partial charge in [-0.1, -0.05) is 0 Å². The van der Waals surface area contributed by atoms with Crippen LogP contribution in [0.1, 0.15) is 36.0 Å². The summed E-state index contributed by atoms with van der Waals surface area (Å²) in [6.07, 6.45) is 5.55. The van der Waals surface area contributed by atoms with Gasteiger partial charge in [-0.3, -0.25) is 4.79 Å². The molecular weight excluding hydrogens is 282 g/mol. The lowest BCUT2D eigenvalue weighted by molar-refractivity contribution is 0.0925. The number of hydrogen-bond acceptors (Lipinski definition) is 3. The minimum atomic E-state index is -0.0337. The van der Waals surface area contributed by atoms with Crippen LogP contribution in [0.2, 0.25) is 0 Å². The molecule has 0 spiro atoms. The van der Waals surface area contributed by atoms with Gasteiger partial charge in [0.1, 0.15) is 4.60 Å². The molecule has 2 rings (SSSR count). The highest BCUT2D eigenvalue weighted by molar-refractivity contribution is 9.10. The zero-order valence-electron chi connectivity index (χ0n) is 9.53. The van der Waals surface area contributed by atoms with E-state index in [-0.39, 0.29) is 11.9 Å². The molecule has 0 aliphatic heterocycles. The van der Waals surface area contributed by atoms with Gasteiger partial charge in [0, 0.05) is 23.8 Å². The molecular formula is C12H16BrN3O. The number of nitrogens with zero attached hydrogens (tertiary/aromatic N) is 1. The van der Waals surface area contributed by atoms with Crippen LogP contribution < -0.4 is 11.1 Å². The zero-order chi connectivity index (χ0) is 12.3. The Morgan fingerprint density at radius 2 is 2.12 bits per heavy atom. The molecule has 1 heterocycles. The Bertz CT molecular complexity index is 402. The first-order valence-corrected chi connectivity index (χ1v) is 6.62. The standard InChI is InChI=1S/C12H16BrN3O/c13-11-7-8(5-6-15-11)12(17)16-10-3-1-9(14)2-4-10/h5-7,9-10H,1-4,14H2,(H,16,17). The molecule has 4 nitrogen and oxygen atoms in total. The molecule has 1 aromatic heterocycles. The summed E-state index contributed by atoms with van der Waals surface area (Å²) in [6.45, 7) is 0. The summed E-state index contributed by atoms with van der Waals surface area (Å²) < 4.78 is 0.677. The Morgan fingerprint density at radius 1 is 1.41 bits per heavy atom. The van der Waals surface area contributed by atoms with Gasteiger partial charge < -0.3 is 11.1 Å². The van der Waals surface area contributed by atoms with Gasteiger partial charge in [0.05, 0.1) is 0 Å². The van der Waals surface area contributed by atoms with Crippen LogP contribution in [-0.4, -0.2) is 23.0 Å². The lowest BCUT2D eigenvalue weighted by Gasteiger charge is -2.26. The number of hydrogen-bond donors (Lipinski definition) is 2. The first-order valence-electron chi connectivity index (χ1n) is 5.83. The predicted molar refractivity (Wildman–Crippen MR) is 69.6 cm³/mol. The number of carbonyl (C=O) groups excluding carboxylic acids is 1. The summed E-state index contributed by atoms with van der Waals surface area (Å²) in [5.41, 5.74) is 6.47. The second kappa shape index (κ2) is 5.60. The van der Waals surface area contributed by atoms with Gasteiger partial charge in [-0.25, -0.2) is 4.98 Å². The molecule has 0 unspecified atom stereocenters. The largest absolute Gasteiger partial charge is 0.349 e. The second-order valence-corrected chi connectivity index (χ2v) is 5.26.